The van der Waals surface area contributed by atoms with E-state index in [2.05, 4.69) is 10.1 Å². The standard InChI is InChI=1S/C16H18N4O2S/c1-5-22-11-6-7-12-13(8-11)23-16(20(12)4)17-15(21)14-10(2)9-19(3)18-14/h6-9H,5H2,1-4H3. The zero-order valence-corrected chi connectivity index (χ0v) is 14.3. The number of aryl methyl sites for hydroxylation is 3. The number of amides is 1. The van der Waals surface area contributed by atoms with Gasteiger partial charge in [0.1, 0.15) is 5.75 Å². The second-order valence-electron chi connectivity index (χ2n) is 5.26. The zero-order valence-electron chi connectivity index (χ0n) is 13.5. The van der Waals surface area contributed by atoms with Gasteiger partial charge in [-0.15, -0.1) is 0 Å². The van der Waals surface area contributed by atoms with Gasteiger partial charge in [-0.2, -0.15) is 10.1 Å². The summed E-state index contributed by atoms with van der Waals surface area (Å²) in [6.07, 6.45) is 1.81. The molecule has 0 radical (unpaired) electrons. The molecule has 0 aliphatic carbocycles. The molecule has 0 aliphatic rings. The van der Waals surface area contributed by atoms with Crippen LogP contribution in [0.15, 0.2) is 29.4 Å². The molecule has 3 aromatic rings. The Balaban J connectivity index is 2.06. The van der Waals surface area contributed by atoms with Gasteiger partial charge < -0.3 is 9.30 Å². The Labute approximate surface area is 137 Å². The van der Waals surface area contributed by atoms with E-state index in [4.69, 9.17) is 4.74 Å². The van der Waals surface area contributed by atoms with Crippen molar-refractivity contribution in [2.45, 2.75) is 13.8 Å². The van der Waals surface area contributed by atoms with Gasteiger partial charge in [-0.05, 0) is 32.0 Å². The van der Waals surface area contributed by atoms with Crippen LogP contribution < -0.4 is 9.54 Å². The van der Waals surface area contributed by atoms with E-state index in [0.29, 0.717) is 17.1 Å². The van der Waals surface area contributed by atoms with Gasteiger partial charge in [0.2, 0.25) is 0 Å². The summed E-state index contributed by atoms with van der Waals surface area (Å²) >= 11 is 1.46. The van der Waals surface area contributed by atoms with Crippen LogP contribution in [0.1, 0.15) is 23.0 Å². The number of nitrogens with zero attached hydrogens (tertiary/aromatic N) is 4. The first-order chi connectivity index (χ1) is 11.0. The fourth-order valence-electron chi connectivity index (χ4n) is 2.44. The van der Waals surface area contributed by atoms with Crippen molar-refractivity contribution < 1.29 is 9.53 Å². The summed E-state index contributed by atoms with van der Waals surface area (Å²) in [5, 5.41) is 4.18. The molecule has 0 saturated carbocycles. The Hall–Kier alpha value is -2.41. The van der Waals surface area contributed by atoms with Crippen LogP contribution in [-0.2, 0) is 14.1 Å². The van der Waals surface area contributed by atoms with Gasteiger partial charge in [0.05, 0.1) is 16.8 Å². The van der Waals surface area contributed by atoms with E-state index in [1.165, 1.54) is 11.3 Å². The molecular weight excluding hydrogens is 312 g/mol. The second kappa shape index (κ2) is 6.00. The highest BCUT2D eigenvalue weighted by Crippen LogP contribution is 2.22. The van der Waals surface area contributed by atoms with E-state index in [1.807, 2.05) is 49.9 Å². The molecule has 7 heteroatoms. The summed E-state index contributed by atoms with van der Waals surface area (Å²) in [5.74, 6) is 0.496. The van der Waals surface area contributed by atoms with Crippen molar-refractivity contribution in [3.05, 3.63) is 40.5 Å². The van der Waals surface area contributed by atoms with Crippen LogP contribution in [0, 0.1) is 6.92 Å². The SMILES string of the molecule is CCOc1ccc2c(c1)sc(=NC(=O)c1nn(C)cc1C)n2C. The number of fused-ring (bicyclic) bond motifs is 1. The van der Waals surface area contributed by atoms with Gasteiger partial charge in [-0.3, -0.25) is 9.48 Å². The maximum absolute atomic E-state index is 12.4. The lowest BCUT2D eigenvalue weighted by Gasteiger charge is -2.02. The molecular formula is C16H18N4O2S. The molecule has 0 aliphatic heterocycles. The van der Waals surface area contributed by atoms with E-state index < -0.39 is 0 Å². The van der Waals surface area contributed by atoms with Gasteiger partial charge in [0, 0.05) is 25.9 Å². The minimum absolute atomic E-state index is 0.324. The van der Waals surface area contributed by atoms with Crippen LogP contribution in [0.5, 0.6) is 5.75 Å². The van der Waals surface area contributed by atoms with Gasteiger partial charge in [-0.1, -0.05) is 11.3 Å². The van der Waals surface area contributed by atoms with Crippen molar-refractivity contribution in [1.82, 2.24) is 14.3 Å². The lowest BCUT2D eigenvalue weighted by atomic mass is 10.3. The number of carbonyl (C=O) groups is 1. The average Bonchev–Trinajstić information content (AvgIpc) is 2.99. The summed E-state index contributed by atoms with van der Waals surface area (Å²) in [6.45, 7) is 4.43. The van der Waals surface area contributed by atoms with Crippen molar-refractivity contribution in [1.29, 1.82) is 0 Å². The smallest absolute Gasteiger partial charge is 0.300 e. The number of rotatable bonds is 3. The van der Waals surface area contributed by atoms with Crippen LogP contribution in [0.2, 0.25) is 0 Å². The fourth-order valence-corrected chi connectivity index (χ4v) is 3.48. The third-order valence-corrected chi connectivity index (χ3v) is 4.60. The fraction of sp³-hybridized carbons (Fsp3) is 0.312. The zero-order chi connectivity index (χ0) is 16.6. The molecule has 0 atom stereocenters. The minimum Gasteiger partial charge on any atom is -0.494 e. The van der Waals surface area contributed by atoms with Crippen LogP contribution >= 0.6 is 11.3 Å². The minimum atomic E-state index is -0.324. The number of carbonyl (C=O) groups excluding carboxylic acids is 1. The predicted octanol–water partition coefficient (Wildman–Crippen LogP) is 2.42. The summed E-state index contributed by atoms with van der Waals surface area (Å²) < 4.78 is 10.1. The Morgan fingerprint density at radius 3 is 2.83 bits per heavy atom. The maximum Gasteiger partial charge on any atom is 0.300 e. The first kappa shape index (κ1) is 15.5. The lowest BCUT2D eigenvalue weighted by molar-refractivity contribution is 0.0992. The number of thiazole rings is 1. The summed E-state index contributed by atoms with van der Waals surface area (Å²) in [4.78, 5) is 17.3. The molecule has 0 bridgehead atoms. The molecule has 0 unspecified atom stereocenters. The largest absolute Gasteiger partial charge is 0.494 e. The van der Waals surface area contributed by atoms with E-state index in [1.54, 1.807) is 11.7 Å². The van der Waals surface area contributed by atoms with Gasteiger partial charge in [0.25, 0.3) is 5.91 Å². The number of hydrogen-bond donors (Lipinski definition) is 0. The summed E-state index contributed by atoms with van der Waals surface area (Å²) in [7, 11) is 3.69. The van der Waals surface area contributed by atoms with Gasteiger partial charge in [-0.25, -0.2) is 0 Å². The number of ether oxygens (including phenoxy) is 1. The normalized spacial score (nSPS) is 12.1. The third kappa shape index (κ3) is 2.92. The topological polar surface area (TPSA) is 61.4 Å². The van der Waals surface area contributed by atoms with E-state index in [-0.39, 0.29) is 5.91 Å². The average molecular weight is 330 g/mol. The predicted molar refractivity (Wildman–Crippen MR) is 89.8 cm³/mol. The molecule has 2 aromatic heterocycles. The van der Waals surface area contributed by atoms with Crippen molar-refractivity contribution in [3.8, 4) is 5.75 Å². The number of hydrogen-bond acceptors (Lipinski definition) is 4. The van der Waals surface area contributed by atoms with Crippen molar-refractivity contribution in [2.24, 2.45) is 19.1 Å². The molecule has 0 saturated heterocycles. The summed E-state index contributed by atoms with van der Waals surface area (Å²) in [5.41, 5.74) is 2.23. The Morgan fingerprint density at radius 2 is 2.17 bits per heavy atom. The monoisotopic (exact) mass is 330 g/mol. The summed E-state index contributed by atoms with van der Waals surface area (Å²) in [6, 6.07) is 5.87. The molecule has 1 amide bonds. The highest BCUT2D eigenvalue weighted by Gasteiger charge is 2.13. The lowest BCUT2D eigenvalue weighted by Crippen LogP contribution is -2.14. The van der Waals surface area contributed by atoms with Crippen LogP contribution in [-0.4, -0.2) is 26.9 Å². The van der Waals surface area contributed by atoms with E-state index in [9.17, 15) is 4.79 Å². The quantitative estimate of drug-likeness (QED) is 0.741. The Bertz CT molecular complexity index is 949. The molecule has 1 aromatic carbocycles. The van der Waals surface area contributed by atoms with Gasteiger partial charge >= 0.3 is 0 Å². The Kier molecular flexibility index (Phi) is 4.04. The number of benzene rings is 1. The highest BCUT2D eigenvalue weighted by molar-refractivity contribution is 7.16. The first-order valence-corrected chi connectivity index (χ1v) is 8.13. The second-order valence-corrected chi connectivity index (χ2v) is 6.27. The Morgan fingerprint density at radius 1 is 1.39 bits per heavy atom. The van der Waals surface area contributed by atoms with Gasteiger partial charge in [0.15, 0.2) is 10.5 Å². The molecule has 6 nitrogen and oxygen atoms in total. The van der Waals surface area contributed by atoms with Crippen molar-refractivity contribution in [2.75, 3.05) is 6.61 Å². The molecule has 120 valence electrons. The van der Waals surface area contributed by atoms with Crippen LogP contribution in [0.25, 0.3) is 10.2 Å². The molecule has 0 N–H and O–H groups in total. The molecule has 23 heavy (non-hydrogen) atoms. The van der Waals surface area contributed by atoms with E-state index >= 15 is 0 Å². The molecule has 0 spiro atoms. The maximum atomic E-state index is 12.4. The highest BCUT2D eigenvalue weighted by atomic mass is 32.1. The van der Waals surface area contributed by atoms with Crippen LogP contribution in [0.4, 0.5) is 0 Å². The molecule has 2 heterocycles. The van der Waals surface area contributed by atoms with E-state index in [0.717, 1.165) is 21.5 Å². The third-order valence-electron chi connectivity index (χ3n) is 3.50. The van der Waals surface area contributed by atoms with Crippen molar-refractivity contribution >= 4 is 27.5 Å². The van der Waals surface area contributed by atoms with Crippen molar-refractivity contribution in [3.63, 3.8) is 0 Å². The van der Waals surface area contributed by atoms with Crippen LogP contribution in [0.3, 0.4) is 0 Å². The molecule has 3 rings (SSSR count). The first-order valence-electron chi connectivity index (χ1n) is 7.31. The molecule has 0 fully saturated rings. The number of aromatic nitrogens is 3.